The molecule has 0 atom stereocenters. The Morgan fingerprint density at radius 2 is 2.46 bits per heavy atom. The fourth-order valence-corrected chi connectivity index (χ4v) is 2.81. The molecule has 6 heteroatoms. The second kappa shape index (κ2) is 4.81. The number of alkyl halides is 1. The summed E-state index contributed by atoms with van der Waals surface area (Å²) in [4.78, 5) is 0. The van der Waals surface area contributed by atoms with Crippen LogP contribution in [0.15, 0.2) is 0 Å². The molecule has 1 heterocycles. The molecule has 1 aromatic heterocycles. The van der Waals surface area contributed by atoms with E-state index in [-0.39, 0.29) is 6.61 Å². The van der Waals surface area contributed by atoms with Crippen molar-refractivity contribution in [2.24, 2.45) is 7.05 Å². The van der Waals surface area contributed by atoms with Crippen molar-refractivity contribution >= 4 is 38.5 Å². The molecular formula is C7H7BrIN3O. The maximum atomic E-state index is 8.33. The Labute approximate surface area is 98.1 Å². The van der Waals surface area contributed by atoms with Gasteiger partial charge in [0.2, 0.25) is 5.88 Å². The summed E-state index contributed by atoms with van der Waals surface area (Å²) >= 11 is 5.51. The smallest absolute Gasteiger partial charge is 0.247 e. The van der Waals surface area contributed by atoms with Crippen LogP contribution in [0.5, 0.6) is 5.88 Å². The summed E-state index contributed by atoms with van der Waals surface area (Å²) in [6.07, 6.45) is 0. The van der Waals surface area contributed by atoms with E-state index < -0.39 is 0 Å². The first-order valence-electron chi connectivity index (χ1n) is 3.47. The Kier molecular flexibility index (Phi) is 3.99. The zero-order chi connectivity index (χ0) is 9.84. The van der Waals surface area contributed by atoms with E-state index in [1.807, 2.05) is 13.1 Å². The Hall–Kier alpha value is -0.290. The molecule has 0 amide bonds. The number of aromatic nitrogens is 2. The van der Waals surface area contributed by atoms with Crippen molar-refractivity contribution in [2.45, 2.75) is 5.33 Å². The van der Waals surface area contributed by atoms with Gasteiger partial charge in [0.15, 0.2) is 6.61 Å². The average molecular weight is 356 g/mol. The van der Waals surface area contributed by atoms with Crippen LogP contribution in [0.2, 0.25) is 0 Å². The van der Waals surface area contributed by atoms with E-state index in [9.17, 15) is 0 Å². The van der Waals surface area contributed by atoms with E-state index in [1.165, 1.54) is 0 Å². The predicted molar refractivity (Wildman–Crippen MR) is 59.7 cm³/mol. The molecule has 0 unspecified atom stereocenters. The molecule has 1 aromatic rings. The van der Waals surface area contributed by atoms with E-state index >= 15 is 0 Å². The van der Waals surface area contributed by atoms with Crippen LogP contribution in [-0.2, 0) is 12.4 Å². The molecule has 0 aliphatic rings. The minimum Gasteiger partial charge on any atom is -0.460 e. The summed E-state index contributed by atoms with van der Waals surface area (Å²) in [6, 6.07) is 1.90. The SMILES string of the molecule is Cn1nc(OCC#N)c(I)c1CBr. The fourth-order valence-electron chi connectivity index (χ4n) is 0.844. The molecule has 70 valence electrons. The monoisotopic (exact) mass is 355 g/mol. The quantitative estimate of drug-likeness (QED) is 0.614. The van der Waals surface area contributed by atoms with Gasteiger partial charge in [0.05, 0.1) is 9.26 Å². The third kappa shape index (κ3) is 2.34. The fraction of sp³-hybridized carbons (Fsp3) is 0.429. The van der Waals surface area contributed by atoms with Gasteiger partial charge in [0.1, 0.15) is 6.07 Å². The topological polar surface area (TPSA) is 50.8 Å². The van der Waals surface area contributed by atoms with Crippen LogP contribution in [0.25, 0.3) is 0 Å². The molecule has 13 heavy (non-hydrogen) atoms. The average Bonchev–Trinajstić information content (AvgIpc) is 2.38. The lowest BCUT2D eigenvalue weighted by molar-refractivity contribution is 0.347. The van der Waals surface area contributed by atoms with Crippen LogP contribution in [0, 0.1) is 14.9 Å². The number of nitriles is 1. The zero-order valence-corrected chi connectivity index (χ0v) is 10.7. The Bertz CT molecular complexity index is 344. The molecule has 0 saturated carbocycles. The van der Waals surface area contributed by atoms with Crippen molar-refractivity contribution in [1.82, 2.24) is 9.78 Å². The standard InChI is InChI=1S/C7H7BrIN3O/c1-12-5(4-8)6(9)7(11-12)13-3-2-10/h3-4H2,1H3. The van der Waals surface area contributed by atoms with Crippen LogP contribution < -0.4 is 4.74 Å². The van der Waals surface area contributed by atoms with Crippen molar-refractivity contribution < 1.29 is 4.74 Å². The molecule has 0 N–H and O–H groups in total. The largest absolute Gasteiger partial charge is 0.460 e. The Morgan fingerprint density at radius 1 is 1.77 bits per heavy atom. The highest BCUT2D eigenvalue weighted by Gasteiger charge is 2.13. The van der Waals surface area contributed by atoms with Gasteiger partial charge in [-0.15, -0.1) is 5.10 Å². The zero-order valence-electron chi connectivity index (χ0n) is 6.92. The number of ether oxygens (including phenoxy) is 1. The van der Waals surface area contributed by atoms with Crippen LogP contribution >= 0.6 is 38.5 Å². The maximum Gasteiger partial charge on any atom is 0.247 e. The van der Waals surface area contributed by atoms with Crippen molar-refractivity contribution in [2.75, 3.05) is 6.61 Å². The lowest BCUT2D eigenvalue weighted by Crippen LogP contribution is -1.97. The molecule has 0 spiro atoms. The second-order valence-corrected chi connectivity index (χ2v) is 3.91. The first kappa shape index (κ1) is 10.8. The third-order valence-corrected chi connectivity index (χ3v) is 3.09. The molecule has 1 rings (SSSR count). The number of hydrogen-bond acceptors (Lipinski definition) is 3. The summed E-state index contributed by atoms with van der Waals surface area (Å²) in [5.41, 5.74) is 1.05. The first-order valence-corrected chi connectivity index (χ1v) is 5.67. The lowest BCUT2D eigenvalue weighted by atomic mass is 10.5. The summed E-state index contributed by atoms with van der Waals surface area (Å²) in [7, 11) is 1.85. The van der Waals surface area contributed by atoms with Gasteiger partial charge in [0.25, 0.3) is 0 Å². The van der Waals surface area contributed by atoms with Gasteiger partial charge in [-0.25, -0.2) is 0 Å². The van der Waals surface area contributed by atoms with Gasteiger partial charge in [-0.1, -0.05) is 15.9 Å². The van der Waals surface area contributed by atoms with Crippen LogP contribution in [0.4, 0.5) is 0 Å². The van der Waals surface area contributed by atoms with Crippen LogP contribution in [-0.4, -0.2) is 16.4 Å². The van der Waals surface area contributed by atoms with Crippen molar-refractivity contribution in [1.29, 1.82) is 5.26 Å². The van der Waals surface area contributed by atoms with Crippen LogP contribution in [0.1, 0.15) is 5.69 Å². The summed E-state index contributed by atoms with van der Waals surface area (Å²) in [5.74, 6) is 0.527. The highest BCUT2D eigenvalue weighted by molar-refractivity contribution is 14.1. The molecule has 4 nitrogen and oxygen atoms in total. The summed E-state index contributed by atoms with van der Waals surface area (Å²) < 4.78 is 7.82. The minimum absolute atomic E-state index is 0.0364. The van der Waals surface area contributed by atoms with Gasteiger partial charge in [0, 0.05) is 12.4 Å². The number of halogens is 2. The van der Waals surface area contributed by atoms with E-state index in [0.717, 1.165) is 14.6 Å². The van der Waals surface area contributed by atoms with Gasteiger partial charge in [-0.2, -0.15) is 5.26 Å². The third-order valence-electron chi connectivity index (χ3n) is 1.47. The number of nitrogens with zero attached hydrogens (tertiary/aromatic N) is 3. The molecule has 0 aromatic carbocycles. The first-order chi connectivity index (χ1) is 6.20. The Balaban J connectivity index is 2.91. The predicted octanol–water partition coefficient (Wildman–Crippen LogP) is 1.82. The number of aryl methyl sites for hydroxylation is 1. The van der Waals surface area contributed by atoms with Gasteiger partial charge in [-0.05, 0) is 22.6 Å². The molecule has 0 radical (unpaired) electrons. The van der Waals surface area contributed by atoms with Crippen LogP contribution in [0.3, 0.4) is 0 Å². The lowest BCUT2D eigenvalue weighted by Gasteiger charge is -1.95. The van der Waals surface area contributed by atoms with E-state index in [2.05, 4.69) is 43.6 Å². The number of rotatable bonds is 3. The number of hydrogen-bond donors (Lipinski definition) is 0. The Morgan fingerprint density at radius 3 is 2.92 bits per heavy atom. The van der Waals surface area contributed by atoms with Gasteiger partial charge >= 0.3 is 0 Å². The highest BCUT2D eigenvalue weighted by atomic mass is 127. The minimum atomic E-state index is 0.0364. The summed E-state index contributed by atoms with van der Waals surface area (Å²) in [5, 5.41) is 13.2. The normalized spacial score (nSPS) is 9.69. The van der Waals surface area contributed by atoms with Gasteiger partial charge < -0.3 is 4.74 Å². The van der Waals surface area contributed by atoms with E-state index in [0.29, 0.717) is 5.88 Å². The molecule has 0 bridgehead atoms. The molecule has 0 aliphatic carbocycles. The molecule has 0 fully saturated rings. The summed E-state index contributed by atoms with van der Waals surface area (Å²) in [6.45, 7) is 0.0364. The molecule has 0 aliphatic heterocycles. The van der Waals surface area contributed by atoms with E-state index in [4.69, 9.17) is 10.00 Å². The second-order valence-electron chi connectivity index (χ2n) is 2.27. The van der Waals surface area contributed by atoms with Crippen molar-refractivity contribution in [3.8, 4) is 11.9 Å². The van der Waals surface area contributed by atoms with Crippen molar-refractivity contribution in [3.05, 3.63) is 9.26 Å². The van der Waals surface area contributed by atoms with Crippen molar-refractivity contribution in [3.63, 3.8) is 0 Å². The highest BCUT2D eigenvalue weighted by Crippen LogP contribution is 2.24. The molecular weight excluding hydrogens is 349 g/mol. The molecule has 0 saturated heterocycles. The van der Waals surface area contributed by atoms with Gasteiger partial charge in [-0.3, -0.25) is 4.68 Å². The maximum absolute atomic E-state index is 8.33. The van der Waals surface area contributed by atoms with E-state index in [1.54, 1.807) is 4.68 Å².